The van der Waals surface area contributed by atoms with Crippen molar-refractivity contribution in [3.8, 4) is 28.0 Å². The number of carbonyl (C=O) groups is 3. The quantitative estimate of drug-likeness (QED) is 0.0791. The summed E-state index contributed by atoms with van der Waals surface area (Å²) in [4.78, 5) is 61.9. The van der Waals surface area contributed by atoms with E-state index in [9.17, 15) is 24.0 Å². The molecule has 0 saturated carbocycles. The Morgan fingerprint density at radius 3 is 1.95 bits per heavy atom. The number of aldehydes is 1. The molecular weight excluding hydrogens is 728 g/mol. The number of carbonyl (C=O) groups excluding carboxylic acids is 3. The highest BCUT2D eigenvalue weighted by Gasteiger charge is 2.23. The Bertz CT molecular complexity index is 2420. The van der Waals surface area contributed by atoms with Gasteiger partial charge in [0.2, 0.25) is 0 Å². The predicted molar refractivity (Wildman–Crippen MR) is 216 cm³/mol. The van der Waals surface area contributed by atoms with Crippen LogP contribution in [0, 0.1) is 0 Å². The summed E-state index contributed by atoms with van der Waals surface area (Å²) in [5.41, 5.74) is 3.84. The molecule has 2 aromatic heterocycles. The summed E-state index contributed by atoms with van der Waals surface area (Å²) in [6.07, 6.45) is 0.0149. The van der Waals surface area contributed by atoms with Crippen molar-refractivity contribution in [2.75, 3.05) is 46.0 Å². The molecule has 0 bridgehead atoms. The molecule has 1 aliphatic heterocycles. The molecule has 1 amide bonds. The van der Waals surface area contributed by atoms with Gasteiger partial charge in [-0.05, 0) is 59.9 Å². The van der Waals surface area contributed by atoms with Crippen LogP contribution in [0.3, 0.4) is 0 Å². The molecule has 2 unspecified atom stereocenters. The average Bonchev–Trinajstić information content (AvgIpc) is 3.23. The molecular formula is C45H44N2O10. The number of hydrogen-bond acceptors (Lipinski definition) is 11. The predicted octanol–water partition coefficient (Wildman–Crippen LogP) is 6.37. The largest absolute Gasteiger partial charge is 0.481 e. The van der Waals surface area contributed by atoms with E-state index in [-0.39, 0.29) is 18.9 Å². The highest BCUT2D eigenvalue weighted by atomic mass is 16.5. The number of benzene rings is 4. The summed E-state index contributed by atoms with van der Waals surface area (Å²) >= 11 is 0. The van der Waals surface area contributed by atoms with Gasteiger partial charge in [0.05, 0.1) is 25.7 Å². The molecule has 6 aromatic rings. The van der Waals surface area contributed by atoms with Gasteiger partial charge >= 0.3 is 17.2 Å². The smallest absolute Gasteiger partial charge is 0.336 e. The van der Waals surface area contributed by atoms with Gasteiger partial charge < -0.3 is 33.2 Å². The zero-order valence-electron chi connectivity index (χ0n) is 31.8. The van der Waals surface area contributed by atoms with Crippen molar-refractivity contribution < 1.29 is 37.4 Å². The number of nitrogens with zero attached hydrogens (tertiary/aromatic N) is 1. The molecule has 4 aromatic carbocycles. The number of esters is 1. The van der Waals surface area contributed by atoms with Crippen LogP contribution in [0.25, 0.3) is 44.2 Å². The van der Waals surface area contributed by atoms with E-state index >= 15 is 0 Å². The standard InChI is InChI=1S/C24H26N2O5.C21H18O5/c1-17(24(28)25-9-10-26-11-13-29-14-12-26)30-19-7-8-20-21(18-5-3-2-4-6-18)16-23(27)31-22(20)15-19;1-2-25-21(24)16(10-11-22)15-8-9-17-18(14-6-4-3-5-7-14)13-20(23)26-19(17)12-15/h2-8,15-17H,9-14H2,1H3,(H,25,28);3-9,11-13,16H,2,10H2,1H3. The molecule has 1 aliphatic rings. The van der Waals surface area contributed by atoms with Crippen LogP contribution in [0.15, 0.2) is 128 Å². The van der Waals surface area contributed by atoms with Crippen LogP contribution in [0.5, 0.6) is 5.75 Å². The highest BCUT2D eigenvalue weighted by molar-refractivity contribution is 5.95. The van der Waals surface area contributed by atoms with Gasteiger partial charge in [-0.3, -0.25) is 14.5 Å². The van der Waals surface area contributed by atoms with Gasteiger partial charge in [0, 0.05) is 61.6 Å². The molecule has 12 nitrogen and oxygen atoms in total. The number of amides is 1. The lowest BCUT2D eigenvalue weighted by molar-refractivity contribution is -0.145. The Morgan fingerprint density at radius 1 is 0.789 bits per heavy atom. The summed E-state index contributed by atoms with van der Waals surface area (Å²) in [5.74, 6) is -0.910. The third kappa shape index (κ3) is 10.5. The maximum Gasteiger partial charge on any atom is 0.336 e. The van der Waals surface area contributed by atoms with Crippen LogP contribution in [0.1, 0.15) is 31.7 Å². The minimum Gasteiger partial charge on any atom is -0.481 e. The first-order chi connectivity index (χ1) is 27.7. The third-order valence-electron chi connectivity index (χ3n) is 9.47. The lowest BCUT2D eigenvalue weighted by Crippen LogP contribution is -2.43. The molecule has 7 rings (SSSR count). The van der Waals surface area contributed by atoms with Crippen molar-refractivity contribution in [2.45, 2.75) is 32.3 Å². The molecule has 1 saturated heterocycles. The summed E-state index contributed by atoms with van der Waals surface area (Å²) < 4.78 is 26.9. The maximum absolute atomic E-state index is 12.4. The summed E-state index contributed by atoms with van der Waals surface area (Å²) in [7, 11) is 0. The van der Waals surface area contributed by atoms with Crippen LogP contribution < -0.4 is 21.3 Å². The lowest BCUT2D eigenvalue weighted by atomic mass is 9.94. The second-order valence-electron chi connectivity index (χ2n) is 13.3. The molecule has 0 spiro atoms. The van der Waals surface area contributed by atoms with Crippen molar-refractivity contribution in [2.24, 2.45) is 0 Å². The van der Waals surface area contributed by atoms with Gasteiger partial charge in [0.25, 0.3) is 5.91 Å². The van der Waals surface area contributed by atoms with E-state index in [4.69, 9.17) is 23.0 Å². The van der Waals surface area contributed by atoms with E-state index in [1.165, 1.54) is 12.1 Å². The fourth-order valence-corrected chi connectivity index (χ4v) is 6.60. The molecule has 1 fully saturated rings. The first kappa shape index (κ1) is 40.3. The fourth-order valence-electron chi connectivity index (χ4n) is 6.60. The SMILES string of the molecule is CC(Oc1ccc2c(-c3ccccc3)cc(=O)oc2c1)C(=O)NCCN1CCOCC1.CCOC(=O)C(CC=O)c1ccc2c(-c3ccccc3)cc(=O)oc2c1. The maximum atomic E-state index is 12.4. The normalized spacial score (nSPS) is 13.9. The summed E-state index contributed by atoms with van der Waals surface area (Å²) in [6.45, 7) is 8.21. The zero-order chi connectivity index (χ0) is 40.1. The van der Waals surface area contributed by atoms with Gasteiger partial charge in [-0.15, -0.1) is 0 Å². The average molecular weight is 773 g/mol. The van der Waals surface area contributed by atoms with Crippen LogP contribution in [-0.4, -0.2) is 75.2 Å². The van der Waals surface area contributed by atoms with E-state index in [0.717, 1.165) is 65.9 Å². The first-order valence-electron chi connectivity index (χ1n) is 18.9. The number of morpholine rings is 1. The monoisotopic (exact) mass is 772 g/mol. The number of rotatable bonds is 13. The van der Waals surface area contributed by atoms with Crippen molar-refractivity contribution in [1.82, 2.24) is 10.2 Å². The summed E-state index contributed by atoms with van der Waals surface area (Å²) in [6, 6.07) is 32.6. The molecule has 294 valence electrons. The zero-order valence-corrected chi connectivity index (χ0v) is 31.8. The third-order valence-corrected chi connectivity index (χ3v) is 9.47. The van der Waals surface area contributed by atoms with E-state index < -0.39 is 29.2 Å². The second-order valence-corrected chi connectivity index (χ2v) is 13.3. The minimum absolute atomic E-state index is 0.00689. The minimum atomic E-state index is -0.720. The van der Waals surface area contributed by atoms with Gasteiger partial charge in [-0.1, -0.05) is 72.8 Å². The summed E-state index contributed by atoms with van der Waals surface area (Å²) in [5, 5.41) is 4.47. The molecule has 3 heterocycles. The first-order valence-corrected chi connectivity index (χ1v) is 18.9. The van der Waals surface area contributed by atoms with Crippen LogP contribution in [-0.2, 0) is 23.9 Å². The Kier molecular flexibility index (Phi) is 13.8. The van der Waals surface area contributed by atoms with E-state index in [1.54, 1.807) is 44.2 Å². The molecule has 0 radical (unpaired) electrons. The molecule has 0 aliphatic carbocycles. The van der Waals surface area contributed by atoms with Crippen molar-refractivity contribution in [3.63, 3.8) is 0 Å². The van der Waals surface area contributed by atoms with Gasteiger partial charge in [-0.25, -0.2) is 9.59 Å². The van der Waals surface area contributed by atoms with Crippen LogP contribution >= 0.6 is 0 Å². The number of ether oxygens (including phenoxy) is 3. The molecule has 57 heavy (non-hydrogen) atoms. The Morgan fingerprint density at radius 2 is 1.37 bits per heavy atom. The Balaban J connectivity index is 0.000000196. The van der Waals surface area contributed by atoms with Crippen LogP contribution in [0.4, 0.5) is 0 Å². The number of nitrogens with one attached hydrogen (secondary N) is 1. The topological polar surface area (TPSA) is 155 Å². The second kappa shape index (κ2) is 19.5. The molecule has 2 atom stereocenters. The number of fused-ring (bicyclic) bond motifs is 2. The van der Waals surface area contributed by atoms with Gasteiger partial charge in [-0.2, -0.15) is 0 Å². The van der Waals surface area contributed by atoms with Crippen molar-refractivity contribution in [1.29, 1.82) is 0 Å². The number of hydrogen-bond donors (Lipinski definition) is 1. The molecule has 12 heteroatoms. The van der Waals surface area contributed by atoms with Gasteiger partial charge in [0.1, 0.15) is 23.2 Å². The van der Waals surface area contributed by atoms with Crippen molar-refractivity contribution in [3.05, 3.63) is 136 Å². The lowest BCUT2D eigenvalue weighted by Gasteiger charge is -2.26. The fraction of sp³-hybridized carbons (Fsp3) is 0.267. The Labute approximate surface area is 329 Å². The molecule has 1 N–H and O–H groups in total. The van der Waals surface area contributed by atoms with Gasteiger partial charge in [0.15, 0.2) is 6.10 Å². The van der Waals surface area contributed by atoms with E-state index in [2.05, 4.69) is 10.2 Å². The van der Waals surface area contributed by atoms with Crippen molar-refractivity contribution >= 4 is 40.1 Å². The van der Waals surface area contributed by atoms with E-state index in [1.807, 2.05) is 66.7 Å². The van der Waals surface area contributed by atoms with Crippen LogP contribution in [0.2, 0.25) is 0 Å². The van der Waals surface area contributed by atoms with E-state index in [0.29, 0.717) is 35.3 Å². The highest BCUT2D eigenvalue weighted by Crippen LogP contribution is 2.32. The Hall–Kier alpha value is -6.37.